The quantitative estimate of drug-likeness (QED) is 0.553. The van der Waals surface area contributed by atoms with Crippen LogP contribution in [0, 0.1) is 11.3 Å². The second kappa shape index (κ2) is 8.99. The highest BCUT2D eigenvalue weighted by molar-refractivity contribution is 7.92. The predicted octanol–water partition coefficient (Wildman–Crippen LogP) is 3.17. The zero-order valence-corrected chi connectivity index (χ0v) is 19.3. The van der Waals surface area contributed by atoms with Crippen molar-refractivity contribution in [3.05, 3.63) is 53.7 Å². The van der Waals surface area contributed by atoms with Crippen LogP contribution in [0.1, 0.15) is 35.8 Å². The van der Waals surface area contributed by atoms with Crippen molar-refractivity contribution in [3.63, 3.8) is 0 Å². The molecule has 0 fully saturated rings. The fourth-order valence-electron chi connectivity index (χ4n) is 3.74. The normalized spacial score (nSPS) is 13.4. The Kier molecular flexibility index (Phi) is 6.08. The first-order chi connectivity index (χ1) is 16.3. The summed E-state index contributed by atoms with van der Waals surface area (Å²) in [5.41, 5.74) is 1.97. The number of aromatic nitrogens is 2. The summed E-state index contributed by atoms with van der Waals surface area (Å²) >= 11 is 0. The standard InChI is InChI=1S/C23H21N5O5S/c1-3-17-22(23-25-20(29)9-10-21(30)28(23)26-17)15-7-8-18(33-2)19(12-15)34(31,32)27-16-6-4-5-14(11-16)13-24/h4-8,11-12,27H,3,9-10H2,1-2H3,(H,25,29). The molecular formula is C23H21N5O5S. The number of hydrogen-bond donors (Lipinski definition) is 2. The number of anilines is 2. The van der Waals surface area contributed by atoms with Crippen molar-refractivity contribution in [2.24, 2.45) is 0 Å². The molecule has 3 aromatic rings. The van der Waals surface area contributed by atoms with Gasteiger partial charge in [-0.1, -0.05) is 19.1 Å². The van der Waals surface area contributed by atoms with Gasteiger partial charge in [-0.05, 0) is 42.3 Å². The number of methoxy groups -OCH3 is 1. The molecule has 1 amide bonds. The van der Waals surface area contributed by atoms with Gasteiger partial charge in [-0.25, -0.2) is 8.42 Å². The van der Waals surface area contributed by atoms with E-state index in [0.29, 0.717) is 28.8 Å². The molecule has 34 heavy (non-hydrogen) atoms. The van der Waals surface area contributed by atoms with Crippen LogP contribution in [-0.4, -0.2) is 37.1 Å². The Morgan fingerprint density at radius 3 is 2.71 bits per heavy atom. The lowest BCUT2D eigenvalue weighted by Gasteiger charge is -2.14. The Hall–Kier alpha value is -4.17. The average Bonchev–Trinajstić information content (AvgIpc) is 3.13. The molecule has 2 aromatic carbocycles. The molecule has 0 spiro atoms. The van der Waals surface area contributed by atoms with Crippen LogP contribution in [0.15, 0.2) is 47.4 Å². The first-order valence-electron chi connectivity index (χ1n) is 10.4. The van der Waals surface area contributed by atoms with Crippen LogP contribution in [0.25, 0.3) is 11.1 Å². The Balaban J connectivity index is 1.85. The van der Waals surface area contributed by atoms with E-state index in [9.17, 15) is 18.0 Å². The summed E-state index contributed by atoms with van der Waals surface area (Å²) in [6.07, 6.45) is 0.514. The number of sulfonamides is 1. The highest BCUT2D eigenvalue weighted by Gasteiger charge is 2.28. The Labute approximate surface area is 196 Å². The van der Waals surface area contributed by atoms with Crippen LogP contribution in [-0.2, 0) is 21.2 Å². The van der Waals surface area contributed by atoms with Crippen molar-refractivity contribution in [2.75, 3.05) is 17.1 Å². The molecule has 1 aliphatic rings. The van der Waals surface area contributed by atoms with Gasteiger partial charge in [0.25, 0.3) is 10.0 Å². The smallest absolute Gasteiger partial charge is 0.265 e. The van der Waals surface area contributed by atoms with E-state index in [1.165, 1.54) is 36.1 Å². The number of aryl methyl sites for hydroxylation is 1. The van der Waals surface area contributed by atoms with Crippen LogP contribution in [0.4, 0.5) is 11.5 Å². The summed E-state index contributed by atoms with van der Waals surface area (Å²) in [4.78, 5) is 24.6. The number of fused-ring (bicyclic) bond motifs is 1. The van der Waals surface area contributed by atoms with Gasteiger partial charge in [-0.2, -0.15) is 15.0 Å². The lowest BCUT2D eigenvalue weighted by Crippen LogP contribution is -2.15. The zero-order chi connectivity index (χ0) is 24.5. The van der Waals surface area contributed by atoms with Gasteiger partial charge in [0.2, 0.25) is 11.8 Å². The van der Waals surface area contributed by atoms with Gasteiger partial charge in [-0.3, -0.25) is 14.3 Å². The highest BCUT2D eigenvalue weighted by atomic mass is 32.2. The minimum atomic E-state index is -4.13. The van der Waals surface area contributed by atoms with Crippen molar-refractivity contribution in [1.29, 1.82) is 5.26 Å². The SMILES string of the molecule is CCc1nn2c(c1-c1ccc(OC)c(S(=O)(=O)Nc3cccc(C#N)c3)c1)NC(=O)CCC2=O. The van der Waals surface area contributed by atoms with Crippen molar-refractivity contribution < 1.29 is 22.7 Å². The lowest BCUT2D eigenvalue weighted by atomic mass is 10.0. The van der Waals surface area contributed by atoms with E-state index in [4.69, 9.17) is 10.00 Å². The number of carbonyl (C=O) groups is 2. The topological polar surface area (TPSA) is 143 Å². The zero-order valence-electron chi connectivity index (χ0n) is 18.5. The van der Waals surface area contributed by atoms with E-state index in [-0.39, 0.29) is 46.8 Å². The molecule has 2 N–H and O–H groups in total. The van der Waals surface area contributed by atoms with Gasteiger partial charge in [-0.15, -0.1) is 0 Å². The van der Waals surface area contributed by atoms with Crippen molar-refractivity contribution >= 4 is 33.3 Å². The maximum atomic E-state index is 13.3. The monoisotopic (exact) mass is 479 g/mol. The molecule has 1 aromatic heterocycles. The second-order valence-electron chi connectivity index (χ2n) is 7.54. The number of nitriles is 1. The van der Waals surface area contributed by atoms with Crippen LogP contribution >= 0.6 is 0 Å². The second-order valence-corrected chi connectivity index (χ2v) is 9.19. The minimum absolute atomic E-state index is 0.0248. The van der Waals surface area contributed by atoms with E-state index in [1.54, 1.807) is 18.2 Å². The molecule has 4 rings (SSSR count). The van der Waals surface area contributed by atoms with Gasteiger partial charge in [0, 0.05) is 18.4 Å². The van der Waals surface area contributed by atoms with E-state index in [2.05, 4.69) is 15.1 Å². The maximum Gasteiger partial charge on any atom is 0.265 e. The number of ether oxygens (including phenoxy) is 1. The molecule has 0 radical (unpaired) electrons. The molecule has 11 heteroatoms. The molecule has 2 heterocycles. The van der Waals surface area contributed by atoms with E-state index in [0.717, 1.165) is 0 Å². The Morgan fingerprint density at radius 1 is 1.21 bits per heavy atom. The van der Waals surface area contributed by atoms with Gasteiger partial charge in [0.15, 0.2) is 0 Å². The third-order valence-corrected chi connectivity index (χ3v) is 6.74. The fourth-order valence-corrected chi connectivity index (χ4v) is 4.98. The van der Waals surface area contributed by atoms with Crippen molar-refractivity contribution in [3.8, 4) is 22.9 Å². The number of nitrogens with one attached hydrogen (secondary N) is 2. The first kappa shape index (κ1) is 23.0. The molecule has 0 saturated carbocycles. The maximum absolute atomic E-state index is 13.3. The molecular weight excluding hydrogens is 458 g/mol. The minimum Gasteiger partial charge on any atom is -0.495 e. The number of rotatable bonds is 6. The summed E-state index contributed by atoms with van der Waals surface area (Å²) < 4.78 is 35.5. The van der Waals surface area contributed by atoms with Crippen LogP contribution in [0.3, 0.4) is 0 Å². The molecule has 0 aliphatic carbocycles. The van der Waals surface area contributed by atoms with E-state index in [1.807, 2.05) is 13.0 Å². The number of amides is 1. The Morgan fingerprint density at radius 2 is 2.00 bits per heavy atom. The number of nitrogens with zero attached hydrogens (tertiary/aromatic N) is 3. The van der Waals surface area contributed by atoms with Gasteiger partial charge >= 0.3 is 0 Å². The number of carbonyl (C=O) groups excluding carboxylic acids is 2. The molecule has 1 aliphatic heterocycles. The van der Waals surface area contributed by atoms with E-state index >= 15 is 0 Å². The molecule has 174 valence electrons. The third-order valence-electron chi connectivity index (χ3n) is 5.34. The van der Waals surface area contributed by atoms with Crippen LogP contribution in [0.5, 0.6) is 5.75 Å². The summed E-state index contributed by atoms with van der Waals surface area (Å²) in [5, 5.41) is 16.2. The third kappa shape index (κ3) is 4.23. The first-order valence-corrected chi connectivity index (χ1v) is 11.9. The molecule has 0 atom stereocenters. The lowest BCUT2D eigenvalue weighted by molar-refractivity contribution is -0.116. The van der Waals surface area contributed by atoms with Crippen molar-refractivity contribution in [1.82, 2.24) is 9.78 Å². The summed E-state index contributed by atoms with van der Waals surface area (Å²) in [6, 6.07) is 12.6. The van der Waals surface area contributed by atoms with Crippen LogP contribution in [0.2, 0.25) is 0 Å². The van der Waals surface area contributed by atoms with Gasteiger partial charge in [0.1, 0.15) is 16.5 Å². The van der Waals surface area contributed by atoms with Crippen LogP contribution < -0.4 is 14.8 Å². The molecule has 0 bridgehead atoms. The molecule has 0 unspecified atom stereocenters. The summed E-state index contributed by atoms with van der Waals surface area (Å²) in [5.74, 6) is -0.331. The number of hydrogen-bond acceptors (Lipinski definition) is 7. The largest absolute Gasteiger partial charge is 0.495 e. The average molecular weight is 480 g/mol. The molecule has 10 nitrogen and oxygen atoms in total. The highest BCUT2D eigenvalue weighted by Crippen LogP contribution is 2.37. The molecule has 0 saturated heterocycles. The summed E-state index contributed by atoms with van der Waals surface area (Å²) in [7, 11) is -2.78. The van der Waals surface area contributed by atoms with Gasteiger partial charge < -0.3 is 10.1 Å². The Bertz CT molecular complexity index is 1450. The number of benzene rings is 2. The predicted molar refractivity (Wildman–Crippen MR) is 124 cm³/mol. The van der Waals surface area contributed by atoms with Gasteiger partial charge in [0.05, 0.1) is 30.1 Å². The van der Waals surface area contributed by atoms with E-state index < -0.39 is 10.0 Å². The fraction of sp³-hybridized carbons (Fsp3) is 0.217. The van der Waals surface area contributed by atoms with Crippen molar-refractivity contribution in [2.45, 2.75) is 31.1 Å². The summed E-state index contributed by atoms with van der Waals surface area (Å²) in [6.45, 7) is 1.85.